The number of halogens is 1. The molecule has 2 atom stereocenters. The molecule has 0 saturated carbocycles. The zero-order chi connectivity index (χ0) is 20.9. The van der Waals surface area contributed by atoms with Crippen LogP contribution < -0.4 is 9.62 Å². The van der Waals surface area contributed by atoms with Gasteiger partial charge in [-0.1, -0.05) is 49.7 Å². The molecule has 0 spiro atoms. The third kappa shape index (κ3) is 5.49. The van der Waals surface area contributed by atoms with E-state index in [0.29, 0.717) is 17.1 Å². The van der Waals surface area contributed by atoms with Crippen LogP contribution in [0.4, 0.5) is 5.69 Å². The van der Waals surface area contributed by atoms with Crippen molar-refractivity contribution in [3.05, 3.63) is 64.7 Å². The highest BCUT2D eigenvalue weighted by Gasteiger charge is 2.32. The van der Waals surface area contributed by atoms with Crippen LogP contribution in [-0.4, -0.2) is 26.6 Å². The van der Waals surface area contributed by atoms with Crippen LogP contribution in [-0.2, 0) is 21.2 Å². The smallest absolute Gasteiger partial charge is 0.244 e. The normalized spacial score (nSPS) is 13.6. The number of aryl methyl sites for hydroxylation is 1. The fourth-order valence-corrected chi connectivity index (χ4v) is 4.42. The fourth-order valence-electron chi connectivity index (χ4n) is 3.08. The number of carbonyl (C=O) groups is 1. The number of hydrogen-bond donors (Lipinski definition) is 1. The summed E-state index contributed by atoms with van der Waals surface area (Å²) < 4.78 is 26.1. The number of benzene rings is 2. The number of anilines is 1. The minimum atomic E-state index is -3.67. The summed E-state index contributed by atoms with van der Waals surface area (Å²) in [5.41, 5.74) is 2.60. The molecule has 28 heavy (non-hydrogen) atoms. The van der Waals surface area contributed by atoms with Gasteiger partial charge >= 0.3 is 0 Å². The molecule has 5 nitrogen and oxygen atoms in total. The molecule has 0 aliphatic rings. The largest absolute Gasteiger partial charge is 0.348 e. The molecule has 0 fully saturated rings. The monoisotopic (exact) mass is 422 g/mol. The lowest BCUT2D eigenvalue weighted by molar-refractivity contribution is -0.122. The molecule has 0 saturated heterocycles. The van der Waals surface area contributed by atoms with Gasteiger partial charge in [-0.2, -0.15) is 0 Å². The molecule has 1 amide bonds. The number of nitrogens with zero attached hydrogens (tertiary/aromatic N) is 1. The van der Waals surface area contributed by atoms with Gasteiger partial charge < -0.3 is 5.32 Å². The second-order valence-electron chi connectivity index (χ2n) is 6.78. The molecular weight excluding hydrogens is 396 g/mol. The summed E-state index contributed by atoms with van der Waals surface area (Å²) in [7, 11) is -3.67. The van der Waals surface area contributed by atoms with Gasteiger partial charge in [-0.3, -0.25) is 9.10 Å². The quantitative estimate of drug-likeness (QED) is 0.688. The van der Waals surface area contributed by atoms with Crippen molar-refractivity contribution in [3.8, 4) is 0 Å². The average Bonchev–Trinajstić information content (AvgIpc) is 2.66. The van der Waals surface area contributed by atoms with Crippen LogP contribution >= 0.6 is 11.6 Å². The van der Waals surface area contributed by atoms with Crippen molar-refractivity contribution in [1.29, 1.82) is 0 Å². The molecular formula is C21H27ClN2O3S. The lowest BCUT2D eigenvalue weighted by Gasteiger charge is -2.31. The van der Waals surface area contributed by atoms with Gasteiger partial charge in [-0.15, -0.1) is 0 Å². The summed E-state index contributed by atoms with van der Waals surface area (Å²) in [6.07, 6.45) is 2.39. The second kappa shape index (κ2) is 9.43. The first kappa shape index (κ1) is 22.2. The van der Waals surface area contributed by atoms with E-state index >= 15 is 0 Å². The Hall–Kier alpha value is -2.05. The maximum absolute atomic E-state index is 13.0. The molecule has 0 bridgehead atoms. The van der Waals surface area contributed by atoms with Crippen LogP contribution in [0.1, 0.15) is 44.4 Å². The van der Waals surface area contributed by atoms with Crippen LogP contribution in [0, 0.1) is 0 Å². The van der Waals surface area contributed by atoms with Crippen molar-refractivity contribution in [2.45, 2.75) is 45.7 Å². The average molecular weight is 423 g/mol. The van der Waals surface area contributed by atoms with Gasteiger partial charge in [0.2, 0.25) is 15.9 Å². The van der Waals surface area contributed by atoms with Gasteiger partial charge in [0.15, 0.2) is 0 Å². The van der Waals surface area contributed by atoms with E-state index in [1.54, 1.807) is 31.2 Å². The van der Waals surface area contributed by atoms with E-state index in [2.05, 4.69) is 12.2 Å². The Kier molecular flexibility index (Phi) is 7.49. The number of rotatable bonds is 8. The highest BCUT2D eigenvalue weighted by molar-refractivity contribution is 7.92. The molecule has 0 aromatic heterocycles. The summed E-state index contributed by atoms with van der Waals surface area (Å²) in [4.78, 5) is 13.0. The SMILES string of the molecule is CCc1ccc([C@@H](C)NC(=O)[C@@H](CC)N(c2ccc(Cl)cc2)S(C)(=O)=O)cc1. The van der Waals surface area contributed by atoms with E-state index in [-0.39, 0.29) is 11.9 Å². The Labute approximate surface area is 172 Å². The van der Waals surface area contributed by atoms with E-state index < -0.39 is 16.1 Å². The molecule has 0 unspecified atom stereocenters. The molecule has 0 heterocycles. The third-order valence-corrected chi connectivity index (χ3v) is 6.09. The molecule has 0 radical (unpaired) electrons. The maximum atomic E-state index is 13.0. The number of sulfonamides is 1. The molecule has 7 heteroatoms. The molecule has 2 aromatic rings. The minimum absolute atomic E-state index is 0.237. The van der Waals surface area contributed by atoms with Crippen LogP contribution in [0.25, 0.3) is 0 Å². The van der Waals surface area contributed by atoms with Gasteiger partial charge in [0, 0.05) is 5.02 Å². The van der Waals surface area contributed by atoms with Crippen molar-refractivity contribution in [2.75, 3.05) is 10.6 Å². The molecule has 0 aliphatic carbocycles. The maximum Gasteiger partial charge on any atom is 0.244 e. The highest BCUT2D eigenvalue weighted by atomic mass is 35.5. The van der Waals surface area contributed by atoms with Crippen LogP contribution in [0.2, 0.25) is 5.02 Å². The number of amides is 1. The molecule has 2 rings (SSSR count). The van der Waals surface area contributed by atoms with Crippen LogP contribution in [0.3, 0.4) is 0 Å². The Balaban J connectivity index is 2.26. The number of hydrogen-bond acceptors (Lipinski definition) is 3. The van der Waals surface area contributed by atoms with E-state index in [4.69, 9.17) is 11.6 Å². The summed E-state index contributed by atoms with van der Waals surface area (Å²) in [5.74, 6) is -0.338. The minimum Gasteiger partial charge on any atom is -0.348 e. The zero-order valence-electron chi connectivity index (χ0n) is 16.6. The van der Waals surface area contributed by atoms with Crippen molar-refractivity contribution >= 4 is 33.2 Å². The van der Waals surface area contributed by atoms with Gasteiger partial charge in [0.25, 0.3) is 0 Å². The van der Waals surface area contributed by atoms with Gasteiger partial charge in [-0.05, 0) is 55.2 Å². The molecule has 152 valence electrons. The molecule has 2 aromatic carbocycles. The van der Waals surface area contributed by atoms with Crippen molar-refractivity contribution in [2.24, 2.45) is 0 Å². The zero-order valence-corrected chi connectivity index (χ0v) is 18.2. The summed E-state index contributed by atoms with van der Waals surface area (Å²) >= 11 is 5.92. The van der Waals surface area contributed by atoms with Gasteiger partial charge in [-0.25, -0.2) is 8.42 Å². The summed E-state index contributed by atoms with van der Waals surface area (Å²) in [6, 6.07) is 13.4. The topological polar surface area (TPSA) is 66.5 Å². The summed E-state index contributed by atoms with van der Waals surface area (Å²) in [6.45, 7) is 5.76. The fraction of sp³-hybridized carbons (Fsp3) is 0.381. The first-order valence-corrected chi connectivity index (χ1v) is 11.5. The lowest BCUT2D eigenvalue weighted by atomic mass is 10.0. The van der Waals surface area contributed by atoms with Gasteiger partial charge in [0.05, 0.1) is 18.0 Å². The van der Waals surface area contributed by atoms with Crippen molar-refractivity contribution in [3.63, 3.8) is 0 Å². The predicted molar refractivity (Wildman–Crippen MR) is 115 cm³/mol. The van der Waals surface area contributed by atoms with E-state index in [1.807, 2.05) is 31.2 Å². The van der Waals surface area contributed by atoms with E-state index in [0.717, 1.165) is 22.5 Å². The first-order chi connectivity index (χ1) is 13.2. The summed E-state index contributed by atoms with van der Waals surface area (Å²) in [5, 5.41) is 3.45. The molecule has 0 aliphatic heterocycles. The van der Waals surface area contributed by atoms with Crippen LogP contribution in [0.5, 0.6) is 0 Å². The van der Waals surface area contributed by atoms with Crippen molar-refractivity contribution < 1.29 is 13.2 Å². The van der Waals surface area contributed by atoms with Crippen molar-refractivity contribution in [1.82, 2.24) is 5.32 Å². The Morgan fingerprint density at radius 1 is 1.07 bits per heavy atom. The van der Waals surface area contributed by atoms with E-state index in [1.165, 1.54) is 5.56 Å². The molecule has 1 N–H and O–H groups in total. The number of nitrogens with one attached hydrogen (secondary N) is 1. The standard InChI is InChI=1S/C21H27ClN2O3S/c1-5-16-7-9-17(10-8-16)15(3)23-21(25)20(6-2)24(28(4,26)27)19-13-11-18(22)12-14-19/h7-15,20H,5-6H2,1-4H3,(H,23,25)/t15-,20-/m1/s1. The Morgan fingerprint density at radius 2 is 1.64 bits per heavy atom. The Morgan fingerprint density at radius 3 is 2.11 bits per heavy atom. The van der Waals surface area contributed by atoms with Gasteiger partial charge in [0.1, 0.15) is 6.04 Å². The van der Waals surface area contributed by atoms with E-state index in [9.17, 15) is 13.2 Å². The predicted octanol–water partition coefficient (Wildman–Crippen LogP) is 4.32. The highest BCUT2D eigenvalue weighted by Crippen LogP contribution is 2.25. The third-order valence-electron chi connectivity index (χ3n) is 4.66. The number of carbonyl (C=O) groups excluding carboxylic acids is 1. The lowest BCUT2D eigenvalue weighted by Crippen LogP contribution is -2.49. The second-order valence-corrected chi connectivity index (χ2v) is 9.08. The van der Waals surface area contributed by atoms with Crippen LogP contribution in [0.15, 0.2) is 48.5 Å². The Bertz CT molecular complexity index is 896. The first-order valence-electron chi connectivity index (χ1n) is 9.31.